The van der Waals surface area contributed by atoms with Crippen molar-refractivity contribution in [1.82, 2.24) is 0 Å². The molecule has 0 atom stereocenters. The summed E-state index contributed by atoms with van der Waals surface area (Å²) in [6, 6.07) is 10.6. The number of alkyl halides is 2. The van der Waals surface area contributed by atoms with Crippen molar-refractivity contribution in [2.75, 3.05) is 12.4 Å². The number of nitrogens with one attached hydrogen (secondary N) is 1. The third-order valence-corrected chi connectivity index (χ3v) is 2.83. The molecule has 0 aliphatic heterocycles. The molecule has 112 valence electrons. The Morgan fingerprint density at radius 1 is 1.14 bits per heavy atom. The molecule has 2 aromatic rings. The highest BCUT2D eigenvalue weighted by Crippen LogP contribution is 2.24. The maximum absolute atomic E-state index is 13.7. The van der Waals surface area contributed by atoms with Crippen molar-refractivity contribution in [1.29, 1.82) is 0 Å². The molecule has 0 saturated carbocycles. The summed E-state index contributed by atoms with van der Waals surface area (Å²) in [5.74, 6) is 0.0994. The van der Waals surface area contributed by atoms with E-state index in [2.05, 4.69) is 10.1 Å². The molecular formula is C15H14F3NO2. The fraction of sp³-hybridized carbons (Fsp3) is 0.200. The van der Waals surface area contributed by atoms with Gasteiger partial charge < -0.3 is 14.8 Å². The lowest BCUT2D eigenvalue weighted by molar-refractivity contribution is -0.0504. The summed E-state index contributed by atoms with van der Waals surface area (Å²) in [7, 11) is 1.47. The van der Waals surface area contributed by atoms with Gasteiger partial charge in [-0.1, -0.05) is 18.2 Å². The van der Waals surface area contributed by atoms with E-state index in [1.165, 1.54) is 31.4 Å². The summed E-state index contributed by atoms with van der Waals surface area (Å²) in [4.78, 5) is 0. The Morgan fingerprint density at radius 3 is 2.62 bits per heavy atom. The lowest BCUT2D eigenvalue weighted by Gasteiger charge is -2.13. The Kier molecular flexibility index (Phi) is 4.92. The molecule has 0 bridgehead atoms. The number of hydrogen-bond acceptors (Lipinski definition) is 3. The number of rotatable bonds is 6. The molecule has 2 rings (SSSR count). The van der Waals surface area contributed by atoms with Crippen molar-refractivity contribution in [2.45, 2.75) is 13.2 Å². The molecule has 6 heteroatoms. The van der Waals surface area contributed by atoms with E-state index < -0.39 is 12.4 Å². The molecule has 0 amide bonds. The van der Waals surface area contributed by atoms with E-state index in [9.17, 15) is 13.2 Å². The Bertz CT molecular complexity index is 605. The van der Waals surface area contributed by atoms with E-state index in [1.54, 1.807) is 18.2 Å². The first-order valence-corrected chi connectivity index (χ1v) is 6.20. The summed E-state index contributed by atoms with van der Waals surface area (Å²) in [6.45, 7) is -2.76. The van der Waals surface area contributed by atoms with Crippen LogP contribution in [0.5, 0.6) is 11.5 Å². The topological polar surface area (TPSA) is 30.5 Å². The first-order valence-electron chi connectivity index (χ1n) is 6.20. The third-order valence-electron chi connectivity index (χ3n) is 2.83. The van der Waals surface area contributed by atoms with Gasteiger partial charge in [-0.3, -0.25) is 0 Å². The van der Waals surface area contributed by atoms with Crippen LogP contribution in [0.3, 0.4) is 0 Å². The highest BCUT2D eigenvalue weighted by atomic mass is 19.3. The molecular weight excluding hydrogens is 283 g/mol. The molecule has 0 spiro atoms. The van der Waals surface area contributed by atoms with Crippen molar-refractivity contribution in [3.05, 3.63) is 53.8 Å². The quantitative estimate of drug-likeness (QED) is 0.872. The van der Waals surface area contributed by atoms with Crippen LogP contribution in [0.2, 0.25) is 0 Å². The highest BCUT2D eigenvalue weighted by Gasteiger charge is 2.10. The van der Waals surface area contributed by atoms with Gasteiger partial charge in [-0.25, -0.2) is 4.39 Å². The van der Waals surface area contributed by atoms with Crippen LogP contribution in [0.25, 0.3) is 0 Å². The van der Waals surface area contributed by atoms with Crippen molar-refractivity contribution < 1.29 is 22.6 Å². The van der Waals surface area contributed by atoms with Crippen molar-refractivity contribution >= 4 is 5.69 Å². The number of benzene rings is 2. The van der Waals surface area contributed by atoms with Crippen LogP contribution in [0.15, 0.2) is 42.5 Å². The zero-order valence-corrected chi connectivity index (χ0v) is 11.3. The van der Waals surface area contributed by atoms with Gasteiger partial charge in [-0.2, -0.15) is 8.78 Å². The second kappa shape index (κ2) is 6.88. The molecule has 21 heavy (non-hydrogen) atoms. The summed E-state index contributed by atoms with van der Waals surface area (Å²) >= 11 is 0. The first kappa shape index (κ1) is 15.0. The standard InChI is InChI=1S/C15H14F3NO2/c1-20-11-6-7-12(16)13(8-11)19-9-10-4-2-3-5-14(10)21-15(17)18/h2-8,15,19H,9H2,1H3. The maximum atomic E-state index is 13.7. The smallest absolute Gasteiger partial charge is 0.387 e. The molecule has 0 aromatic heterocycles. The van der Waals surface area contributed by atoms with Gasteiger partial charge >= 0.3 is 6.61 Å². The van der Waals surface area contributed by atoms with E-state index in [0.29, 0.717) is 11.3 Å². The molecule has 0 saturated heterocycles. The largest absolute Gasteiger partial charge is 0.497 e. The van der Waals surface area contributed by atoms with Gasteiger partial charge in [0.1, 0.15) is 17.3 Å². The van der Waals surface area contributed by atoms with E-state index in [0.717, 1.165) is 0 Å². The lowest BCUT2D eigenvalue weighted by Crippen LogP contribution is -2.07. The Balaban J connectivity index is 2.13. The highest BCUT2D eigenvalue weighted by molar-refractivity contribution is 5.50. The molecule has 3 nitrogen and oxygen atoms in total. The number of para-hydroxylation sites is 1. The predicted molar refractivity (Wildman–Crippen MR) is 73.4 cm³/mol. The number of ether oxygens (including phenoxy) is 2. The third kappa shape index (κ3) is 4.05. The molecule has 0 radical (unpaired) electrons. The summed E-state index contributed by atoms with van der Waals surface area (Å²) in [5, 5.41) is 2.84. The number of halogens is 3. The minimum Gasteiger partial charge on any atom is -0.497 e. The molecule has 0 aliphatic carbocycles. The lowest BCUT2D eigenvalue weighted by atomic mass is 10.2. The van der Waals surface area contributed by atoms with Crippen LogP contribution in [-0.2, 0) is 6.54 Å². The number of methoxy groups -OCH3 is 1. The summed E-state index contributed by atoms with van der Waals surface area (Å²) < 4.78 is 47.7. The summed E-state index contributed by atoms with van der Waals surface area (Å²) in [6.07, 6.45) is 0. The number of hydrogen-bond donors (Lipinski definition) is 1. The Morgan fingerprint density at radius 2 is 1.90 bits per heavy atom. The van der Waals surface area contributed by atoms with Crippen LogP contribution in [0.4, 0.5) is 18.9 Å². The minimum atomic E-state index is -2.90. The molecule has 0 heterocycles. The monoisotopic (exact) mass is 297 g/mol. The average molecular weight is 297 g/mol. The van der Waals surface area contributed by atoms with Crippen LogP contribution in [0, 0.1) is 5.82 Å². The first-order chi connectivity index (χ1) is 10.1. The van der Waals surface area contributed by atoms with Crippen molar-refractivity contribution in [3.63, 3.8) is 0 Å². The van der Waals surface area contributed by atoms with Crippen molar-refractivity contribution in [3.8, 4) is 11.5 Å². The zero-order valence-electron chi connectivity index (χ0n) is 11.3. The van der Waals surface area contributed by atoms with E-state index in [1.807, 2.05) is 0 Å². The van der Waals surface area contributed by atoms with E-state index in [-0.39, 0.29) is 18.0 Å². The molecule has 0 unspecified atom stereocenters. The van der Waals surface area contributed by atoms with Gasteiger partial charge in [0.15, 0.2) is 0 Å². The van der Waals surface area contributed by atoms with Gasteiger partial charge in [0.2, 0.25) is 0 Å². The SMILES string of the molecule is COc1ccc(F)c(NCc2ccccc2OC(F)F)c1. The fourth-order valence-electron chi connectivity index (χ4n) is 1.82. The number of anilines is 1. The van der Waals surface area contributed by atoms with Gasteiger partial charge in [-0.05, 0) is 18.2 Å². The maximum Gasteiger partial charge on any atom is 0.387 e. The summed E-state index contributed by atoms with van der Waals surface area (Å²) in [5.41, 5.74) is 0.723. The van der Waals surface area contributed by atoms with Gasteiger partial charge in [0.05, 0.1) is 12.8 Å². The van der Waals surface area contributed by atoms with Crippen LogP contribution >= 0.6 is 0 Å². The molecule has 2 aromatic carbocycles. The van der Waals surface area contributed by atoms with E-state index in [4.69, 9.17) is 4.74 Å². The zero-order chi connectivity index (χ0) is 15.2. The van der Waals surface area contributed by atoms with Gasteiger partial charge in [0, 0.05) is 18.2 Å². The second-order valence-corrected chi connectivity index (χ2v) is 4.19. The van der Waals surface area contributed by atoms with Crippen LogP contribution in [-0.4, -0.2) is 13.7 Å². The molecule has 1 N–H and O–H groups in total. The molecule has 0 aliphatic rings. The van der Waals surface area contributed by atoms with Crippen molar-refractivity contribution in [2.24, 2.45) is 0 Å². The van der Waals surface area contributed by atoms with Crippen LogP contribution in [0.1, 0.15) is 5.56 Å². The predicted octanol–water partition coefficient (Wildman–Crippen LogP) is 4.05. The second-order valence-electron chi connectivity index (χ2n) is 4.19. The minimum absolute atomic E-state index is 0.0586. The normalized spacial score (nSPS) is 10.5. The van der Waals surface area contributed by atoms with Gasteiger partial charge in [-0.15, -0.1) is 0 Å². The van der Waals surface area contributed by atoms with Crippen LogP contribution < -0.4 is 14.8 Å². The Hall–Kier alpha value is -2.37. The van der Waals surface area contributed by atoms with E-state index >= 15 is 0 Å². The average Bonchev–Trinajstić information content (AvgIpc) is 2.47. The van der Waals surface area contributed by atoms with Gasteiger partial charge in [0.25, 0.3) is 0 Å². The fourth-order valence-corrected chi connectivity index (χ4v) is 1.82. The Labute approximate surface area is 120 Å². The molecule has 0 fully saturated rings.